The molecule has 0 aliphatic carbocycles. The summed E-state index contributed by atoms with van der Waals surface area (Å²) >= 11 is 0. The second-order valence-corrected chi connectivity index (χ2v) is 5.03. The molecule has 4 N–H and O–H groups in total. The van der Waals surface area contributed by atoms with Crippen LogP contribution in [0.25, 0.3) is 0 Å². The van der Waals surface area contributed by atoms with Crippen LogP contribution in [0.15, 0.2) is 0 Å². The van der Waals surface area contributed by atoms with E-state index in [2.05, 4.69) is 25.7 Å². The Balaban J connectivity index is 1.89. The van der Waals surface area contributed by atoms with Crippen LogP contribution in [0.1, 0.15) is 25.7 Å². The van der Waals surface area contributed by atoms with Gasteiger partial charge in [-0.1, -0.05) is 0 Å². The van der Waals surface area contributed by atoms with Gasteiger partial charge in [-0.05, 0) is 25.7 Å². The first-order valence-corrected chi connectivity index (χ1v) is 6.94. The largest absolute Gasteiger partial charge is 0.378 e. The maximum absolute atomic E-state index is 5.69. The average Bonchev–Trinajstić information content (AvgIpc) is 2.48. The molecule has 2 rings (SSSR count). The van der Waals surface area contributed by atoms with E-state index in [0.717, 1.165) is 26.0 Å². The molecule has 8 nitrogen and oxygen atoms in total. The summed E-state index contributed by atoms with van der Waals surface area (Å²) in [5.74, 6) is 6.79. The molecule has 0 aromatic carbocycles. The van der Waals surface area contributed by atoms with Crippen molar-refractivity contribution in [2.24, 2.45) is 5.84 Å². The van der Waals surface area contributed by atoms with Gasteiger partial charge in [-0.2, -0.15) is 15.0 Å². The molecule has 2 heterocycles. The summed E-state index contributed by atoms with van der Waals surface area (Å²) in [5.41, 5.74) is 2.45. The average molecular weight is 281 g/mol. The predicted molar refractivity (Wildman–Crippen MR) is 78.7 cm³/mol. The second-order valence-electron chi connectivity index (χ2n) is 5.03. The molecule has 1 saturated heterocycles. The summed E-state index contributed by atoms with van der Waals surface area (Å²) in [6, 6.07) is 0. The van der Waals surface area contributed by atoms with E-state index in [1.165, 1.54) is 12.8 Å². The molecular formula is C12H23N7O. The van der Waals surface area contributed by atoms with Crippen molar-refractivity contribution in [2.75, 3.05) is 42.9 Å². The van der Waals surface area contributed by atoms with E-state index in [1.54, 1.807) is 4.90 Å². The lowest BCUT2D eigenvalue weighted by Crippen LogP contribution is -2.23. The molecule has 1 aromatic heterocycles. The molecule has 112 valence electrons. The zero-order chi connectivity index (χ0) is 14.4. The Hall–Kier alpha value is -1.67. The number of nitrogens with zero attached hydrogens (tertiary/aromatic N) is 4. The Morgan fingerprint density at radius 1 is 1.25 bits per heavy atom. The first kappa shape index (κ1) is 14.7. The fraction of sp³-hybridized carbons (Fsp3) is 0.750. The molecule has 0 bridgehead atoms. The molecule has 8 heteroatoms. The van der Waals surface area contributed by atoms with E-state index < -0.39 is 0 Å². The van der Waals surface area contributed by atoms with Gasteiger partial charge in [-0.3, -0.25) is 5.43 Å². The molecule has 1 fully saturated rings. The lowest BCUT2D eigenvalue weighted by atomic mass is 10.1. The summed E-state index contributed by atoms with van der Waals surface area (Å²) in [5, 5.41) is 3.20. The smallest absolute Gasteiger partial charge is 0.243 e. The van der Waals surface area contributed by atoms with Crippen LogP contribution in [0.2, 0.25) is 0 Å². The van der Waals surface area contributed by atoms with Gasteiger partial charge in [0, 0.05) is 27.2 Å². The second kappa shape index (κ2) is 7.20. The molecule has 1 unspecified atom stereocenters. The molecule has 1 aliphatic rings. The number of aromatic nitrogens is 3. The topological polar surface area (TPSA) is 101 Å². The van der Waals surface area contributed by atoms with Gasteiger partial charge in [0.25, 0.3) is 0 Å². The number of hydrogen-bond acceptors (Lipinski definition) is 8. The van der Waals surface area contributed by atoms with Crippen molar-refractivity contribution >= 4 is 17.8 Å². The minimum atomic E-state index is 0.346. The van der Waals surface area contributed by atoms with Gasteiger partial charge in [0.1, 0.15) is 0 Å². The minimum Gasteiger partial charge on any atom is -0.378 e. The number of anilines is 3. The number of hydrogen-bond donors (Lipinski definition) is 3. The van der Waals surface area contributed by atoms with Crippen molar-refractivity contribution in [1.82, 2.24) is 15.0 Å². The standard InChI is InChI=1S/C12H23N7O/c1-19(2)12-16-10(15-11(17-12)18-13)14-7-6-9-5-3-4-8-20-9/h9H,3-8,13H2,1-2H3,(H2,14,15,16,17,18). The lowest BCUT2D eigenvalue weighted by molar-refractivity contribution is 0.0134. The van der Waals surface area contributed by atoms with E-state index >= 15 is 0 Å². The molecule has 0 spiro atoms. The fourth-order valence-corrected chi connectivity index (χ4v) is 2.09. The molecule has 1 aliphatic heterocycles. The van der Waals surface area contributed by atoms with Gasteiger partial charge in [-0.25, -0.2) is 5.84 Å². The van der Waals surface area contributed by atoms with Crippen molar-refractivity contribution in [3.63, 3.8) is 0 Å². The van der Waals surface area contributed by atoms with Crippen molar-refractivity contribution in [1.29, 1.82) is 0 Å². The Labute approximate surface area is 119 Å². The number of ether oxygens (including phenoxy) is 1. The van der Waals surface area contributed by atoms with Crippen LogP contribution < -0.4 is 21.5 Å². The van der Waals surface area contributed by atoms with E-state index in [0.29, 0.717) is 23.9 Å². The van der Waals surface area contributed by atoms with E-state index in [1.807, 2.05) is 14.1 Å². The number of rotatable bonds is 6. The highest BCUT2D eigenvalue weighted by Gasteiger charge is 2.13. The highest BCUT2D eigenvalue weighted by Crippen LogP contribution is 2.16. The zero-order valence-corrected chi connectivity index (χ0v) is 12.1. The normalized spacial score (nSPS) is 18.6. The number of hydrazine groups is 1. The Kier molecular flexibility index (Phi) is 5.31. The third-order valence-electron chi connectivity index (χ3n) is 3.18. The van der Waals surface area contributed by atoms with Crippen LogP contribution in [-0.2, 0) is 4.74 Å². The van der Waals surface area contributed by atoms with Crippen molar-refractivity contribution in [2.45, 2.75) is 31.8 Å². The van der Waals surface area contributed by atoms with Crippen LogP contribution >= 0.6 is 0 Å². The molecule has 20 heavy (non-hydrogen) atoms. The third-order valence-corrected chi connectivity index (χ3v) is 3.18. The molecule has 1 atom stereocenters. The summed E-state index contributed by atoms with van der Waals surface area (Å²) in [7, 11) is 3.74. The van der Waals surface area contributed by atoms with Crippen LogP contribution in [0.4, 0.5) is 17.8 Å². The fourth-order valence-electron chi connectivity index (χ4n) is 2.09. The molecule has 0 amide bonds. The van der Waals surface area contributed by atoms with Crippen LogP contribution in [0.3, 0.4) is 0 Å². The lowest BCUT2D eigenvalue weighted by Gasteiger charge is -2.22. The van der Waals surface area contributed by atoms with Crippen LogP contribution in [0, 0.1) is 0 Å². The van der Waals surface area contributed by atoms with Gasteiger partial charge in [0.05, 0.1) is 6.10 Å². The Bertz CT molecular complexity index is 420. The van der Waals surface area contributed by atoms with Crippen molar-refractivity contribution < 1.29 is 4.74 Å². The van der Waals surface area contributed by atoms with Crippen molar-refractivity contribution in [3.05, 3.63) is 0 Å². The van der Waals surface area contributed by atoms with Gasteiger partial charge in [-0.15, -0.1) is 0 Å². The number of nitrogens with one attached hydrogen (secondary N) is 2. The molecule has 0 saturated carbocycles. The number of nitrogens with two attached hydrogens (primary N) is 1. The third kappa shape index (κ3) is 4.17. The quantitative estimate of drug-likeness (QED) is 0.514. The van der Waals surface area contributed by atoms with E-state index in [9.17, 15) is 0 Å². The van der Waals surface area contributed by atoms with E-state index in [4.69, 9.17) is 10.6 Å². The zero-order valence-electron chi connectivity index (χ0n) is 12.1. The molecule has 1 aromatic rings. The van der Waals surface area contributed by atoms with Gasteiger partial charge in [0.2, 0.25) is 17.8 Å². The molecular weight excluding hydrogens is 258 g/mol. The highest BCUT2D eigenvalue weighted by atomic mass is 16.5. The van der Waals surface area contributed by atoms with Crippen molar-refractivity contribution in [3.8, 4) is 0 Å². The predicted octanol–water partition coefficient (Wildman–Crippen LogP) is 0.594. The maximum Gasteiger partial charge on any atom is 0.243 e. The summed E-state index contributed by atoms with van der Waals surface area (Å²) in [4.78, 5) is 14.5. The first-order valence-electron chi connectivity index (χ1n) is 6.94. The molecule has 0 radical (unpaired) electrons. The highest BCUT2D eigenvalue weighted by molar-refractivity contribution is 5.42. The summed E-state index contributed by atoms with van der Waals surface area (Å²) in [6.07, 6.45) is 4.86. The summed E-state index contributed by atoms with van der Waals surface area (Å²) in [6.45, 7) is 1.65. The summed E-state index contributed by atoms with van der Waals surface area (Å²) < 4.78 is 5.69. The van der Waals surface area contributed by atoms with Gasteiger partial charge >= 0.3 is 0 Å². The monoisotopic (exact) mass is 281 g/mol. The SMILES string of the molecule is CN(C)c1nc(NN)nc(NCCC2CCCCO2)n1. The maximum atomic E-state index is 5.69. The van der Waals surface area contributed by atoms with Crippen LogP contribution in [-0.4, -0.2) is 48.3 Å². The van der Waals surface area contributed by atoms with Gasteiger partial charge in [0.15, 0.2) is 0 Å². The van der Waals surface area contributed by atoms with Gasteiger partial charge < -0.3 is 15.0 Å². The Morgan fingerprint density at radius 3 is 2.70 bits per heavy atom. The Morgan fingerprint density at radius 2 is 2.05 bits per heavy atom. The minimum absolute atomic E-state index is 0.346. The van der Waals surface area contributed by atoms with E-state index in [-0.39, 0.29) is 0 Å². The number of nitrogen functional groups attached to an aromatic ring is 1. The van der Waals surface area contributed by atoms with Crippen LogP contribution in [0.5, 0.6) is 0 Å². The first-order chi connectivity index (χ1) is 9.69.